The van der Waals surface area contributed by atoms with Crippen LogP contribution in [0.15, 0.2) is 279 Å². The molecule has 2 heteroatoms. The van der Waals surface area contributed by atoms with Gasteiger partial charge in [0.25, 0.3) is 0 Å². The molecule has 0 amide bonds. The second-order valence-corrected chi connectivity index (χ2v) is 18.8. The van der Waals surface area contributed by atoms with Gasteiger partial charge in [0, 0.05) is 38.8 Å². The van der Waals surface area contributed by atoms with Crippen molar-refractivity contribution in [2.24, 2.45) is 0 Å². The van der Waals surface area contributed by atoms with Gasteiger partial charge in [-0.1, -0.05) is 218 Å². The quantitative estimate of drug-likeness (QED) is 0.138. The molecule has 13 aromatic carbocycles. The number of rotatable bonds is 8. The largest absolute Gasteiger partial charge is 0.310 e. The molecule has 2 nitrogen and oxygen atoms in total. The van der Waals surface area contributed by atoms with Gasteiger partial charge in [-0.05, 0) is 137 Å². The fraction of sp³-hybridized carbons (Fsp3) is 0. The van der Waals surface area contributed by atoms with Crippen molar-refractivity contribution < 1.29 is 0 Å². The Morgan fingerprint density at radius 2 is 0.764 bits per heavy atom. The van der Waals surface area contributed by atoms with Crippen molar-refractivity contribution in [3.05, 3.63) is 279 Å². The lowest BCUT2D eigenvalue weighted by atomic mass is 9.92. The van der Waals surface area contributed by atoms with Gasteiger partial charge in [-0.25, -0.2) is 0 Å². The number of aromatic nitrogens is 1. The average molecular weight is 915 g/mol. The first-order chi connectivity index (χ1) is 35.7. The van der Waals surface area contributed by atoms with Gasteiger partial charge < -0.3 is 9.47 Å². The minimum atomic E-state index is 1.07. The summed E-state index contributed by atoms with van der Waals surface area (Å²) in [5.74, 6) is 0. The molecule has 0 aliphatic carbocycles. The van der Waals surface area contributed by atoms with E-state index in [1.54, 1.807) is 0 Å². The molecule has 0 N–H and O–H groups in total. The molecule has 0 aliphatic rings. The minimum absolute atomic E-state index is 1.07. The summed E-state index contributed by atoms with van der Waals surface area (Å²) >= 11 is 0. The Morgan fingerprint density at radius 3 is 1.50 bits per heavy atom. The molecule has 0 saturated heterocycles. The zero-order valence-corrected chi connectivity index (χ0v) is 39.5. The van der Waals surface area contributed by atoms with E-state index in [2.05, 4.69) is 289 Å². The molecule has 0 bridgehead atoms. The lowest BCUT2D eigenvalue weighted by molar-refractivity contribution is 1.19. The highest BCUT2D eigenvalue weighted by atomic mass is 15.1. The molecular weight excluding hydrogens is 869 g/mol. The van der Waals surface area contributed by atoms with Crippen molar-refractivity contribution in [1.82, 2.24) is 4.57 Å². The van der Waals surface area contributed by atoms with Gasteiger partial charge in [-0.15, -0.1) is 0 Å². The van der Waals surface area contributed by atoms with Crippen LogP contribution in [0.4, 0.5) is 17.1 Å². The summed E-state index contributed by atoms with van der Waals surface area (Å²) in [5.41, 5.74) is 16.0. The van der Waals surface area contributed by atoms with Crippen LogP contribution in [0.25, 0.3) is 115 Å². The summed E-state index contributed by atoms with van der Waals surface area (Å²) in [6, 6.07) is 102. The monoisotopic (exact) mass is 914 g/mol. The highest BCUT2D eigenvalue weighted by molar-refractivity contribution is 6.26. The maximum Gasteiger partial charge on any atom is 0.0619 e. The van der Waals surface area contributed by atoms with Gasteiger partial charge in [0.15, 0.2) is 0 Å². The molecule has 0 aliphatic heterocycles. The minimum Gasteiger partial charge on any atom is -0.310 e. The second-order valence-electron chi connectivity index (χ2n) is 18.8. The standard InChI is InChI=1S/C70H46N2/c1-3-18-47(19-4-1)53-42-54(51-23-17-24-56(43-51)72-69-33-16-14-31-65(69)66-41-36-50-22-7-8-26-59(50)70(66)72)45-57(44-53)71(68-32-15-13-25-58(68)49-20-5-2-6-21-49)55-38-34-48(35-39-55)52-37-40-64-62-29-10-9-27-60(62)61-28-11-12-30-63(61)67(64)46-52/h1-46H. The number of benzene rings is 13. The Kier molecular flexibility index (Phi) is 9.89. The molecule has 0 unspecified atom stereocenters. The van der Waals surface area contributed by atoms with Crippen molar-refractivity contribution in [3.8, 4) is 50.2 Å². The van der Waals surface area contributed by atoms with E-state index in [1.807, 2.05) is 0 Å². The van der Waals surface area contributed by atoms with Crippen LogP contribution in [0, 0.1) is 0 Å². The summed E-state index contributed by atoms with van der Waals surface area (Å²) < 4.78 is 2.46. The van der Waals surface area contributed by atoms with Gasteiger partial charge in [0.05, 0.1) is 16.7 Å². The summed E-state index contributed by atoms with van der Waals surface area (Å²) in [6.45, 7) is 0. The third kappa shape index (κ3) is 6.95. The molecule has 1 aromatic heterocycles. The van der Waals surface area contributed by atoms with Crippen LogP contribution in [0.3, 0.4) is 0 Å². The third-order valence-corrected chi connectivity index (χ3v) is 14.7. The van der Waals surface area contributed by atoms with Gasteiger partial charge >= 0.3 is 0 Å². The lowest BCUT2D eigenvalue weighted by Crippen LogP contribution is -2.11. The molecule has 14 rings (SSSR count). The first-order valence-corrected chi connectivity index (χ1v) is 24.8. The van der Waals surface area contributed by atoms with Crippen molar-refractivity contribution >= 4 is 82.0 Å². The Labute approximate surface area is 418 Å². The van der Waals surface area contributed by atoms with Crippen LogP contribution in [0.2, 0.25) is 0 Å². The normalized spacial score (nSPS) is 11.6. The first kappa shape index (κ1) is 41.5. The molecule has 0 atom stereocenters. The van der Waals surface area contributed by atoms with E-state index in [1.165, 1.54) is 76.0 Å². The Balaban J connectivity index is 0.955. The van der Waals surface area contributed by atoms with Gasteiger partial charge in [-0.3, -0.25) is 0 Å². The van der Waals surface area contributed by atoms with E-state index in [4.69, 9.17) is 0 Å². The summed E-state index contributed by atoms with van der Waals surface area (Å²) in [4.78, 5) is 2.45. The maximum absolute atomic E-state index is 2.46. The van der Waals surface area contributed by atoms with E-state index in [9.17, 15) is 0 Å². The zero-order valence-electron chi connectivity index (χ0n) is 39.5. The number of nitrogens with zero attached hydrogens (tertiary/aromatic N) is 2. The van der Waals surface area contributed by atoms with Crippen molar-refractivity contribution in [2.45, 2.75) is 0 Å². The maximum atomic E-state index is 2.46. The van der Waals surface area contributed by atoms with Crippen LogP contribution >= 0.6 is 0 Å². The Hall–Kier alpha value is -9.50. The molecular formula is C70H46N2. The van der Waals surface area contributed by atoms with Crippen molar-refractivity contribution in [1.29, 1.82) is 0 Å². The summed E-state index contributed by atoms with van der Waals surface area (Å²) in [5, 5.41) is 12.6. The zero-order chi connectivity index (χ0) is 47.5. The Bertz CT molecular complexity index is 4340. The van der Waals surface area contributed by atoms with E-state index >= 15 is 0 Å². The first-order valence-electron chi connectivity index (χ1n) is 24.8. The highest BCUT2D eigenvalue weighted by Crippen LogP contribution is 2.45. The summed E-state index contributed by atoms with van der Waals surface area (Å²) in [7, 11) is 0. The number of hydrogen-bond acceptors (Lipinski definition) is 1. The molecule has 1 heterocycles. The van der Waals surface area contributed by atoms with Crippen LogP contribution in [-0.4, -0.2) is 4.57 Å². The fourth-order valence-electron chi connectivity index (χ4n) is 11.4. The van der Waals surface area contributed by atoms with Crippen LogP contribution in [0.5, 0.6) is 0 Å². The van der Waals surface area contributed by atoms with Crippen molar-refractivity contribution in [3.63, 3.8) is 0 Å². The van der Waals surface area contributed by atoms with Crippen LogP contribution in [-0.2, 0) is 0 Å². The fourth-order valence-corrected chi connectivity index (χ4v) is 11.4. The topological polar surface area (TPSA) is 8.17 Å². The molecule has 14 aromatic rings. The molecule has 0 radical (unpaired) electrons. The number of fused-ring (bicyclic) bond motifs is 11. The van der Waals surface area contributed by atoms with E-state index in [0.29, 0.717) is 0 Å². The van der Waals surface area contributed by atoms with Gasteiger partial charge in [0.1, 0.15) is 0 Å². The van der Waals surface area contributed by atoms with Gasteiger partial charge in [0.2, 0.25) is 0 Å². The molecule has 0 spiro atoms. The average Bonchev–Trinajstić information content (AvgIpc) is 3.81. The Morgan fingerprint density at radius 1 is 0.250 bits per heavy atom. The number of para-hydroxylation sites is 2. The van der Waals surface area contributed by atoms with E-state index < -0.39 is 0 Å². The van der Waals surface area contributed by atoms with Crippen LogP contribution < -0.4 is 4.90 Å². The second kappa shape index (κ2) is 17.2. The highest BCUT2D eigenvalue weighted by Gasteiger charge is 2.21. The number of anilines is 3. The van der Waals surface area contributed by atoms with Crippen LogP contribution in [0.1, 0.15) is 0 Å². The molecule has 72 heavy (non-hydrogen) atoms. The van der Waals surface area contributed by atoms with E-state index in [0.717, 1.165) is 56.1 Å². The third-order valence-electron chi connectivity index (χ3n) is 14.7. The predicted octanol–water partition coefficient (Wildman–Crippen LogP) is 19.5. The van der Waals surface area contributed by atoms with Crippen molar-refractivity contribution in [2.75, 3.05) is 4.90 Å². The molecule has 0 fully saturated rings. The SMILES string of the molecule is c1ccc(-c2cc(-c3cccc(-n4c5ccccc5c5ccc6ccccc6c54)c3)cc(N(c3ccc(-c4ccc5c6ccccc6c6ccccc6c5c4)cc3)c3ccccc3-c3ccccc3)c2)cc1. The summed E-state index contributed by atoms with van der Waals surface area (Å²) in [6.07, 6.45) is 0. The smallest absolute Gasteiger partial charge is 0.0619 e. The molecule has 336 valence electrons. The van der Waals surface area contributed by atoms with Gasteiger partial charge in [-0.2, -0.15) is 0 Å². The van der Waals surface area contributed by atoms with E-state index in [-0.39, 0.29) is 0 Å². The lowest BCUT2D eigenvalue weighted by Gasteiger charge is -2.29. The predicted molar refractivity (Wildman–Crippen MR) is 307 cm³/mol. The molecule has 0 saturated carbocycles. The number of hydrogen-bond donors (Lipinski definition) is 0.